The number of rotatable bonds is 1. The highest BCUT2D eigenvalue weighted by Crippen LogP contribution is 2.14. The maximum absolute atomic E-state index is 13.6. The van der Waals surface area contributed by atoms with Crippen LogP contribution >= 0.6 is 0 Å². The Bertz CT molecular complexity index is 450. The van der Waals surface area contributed by atoms with Crippen LogP contribution in [0.4, 0.5) is 4.39 Å². The van der Waals surface area contributed by atoms with Gasteiger partial charge in [-0.15, -0.1) is 0 Å². The van der Waals surface area contributed by atoms with Crippen molar-refractivity contribution in [3.63, 3.8) is 0 Å². The van der Waals surface area contributed by atoms with E-state index in [4.69, 9.17) is 0 Å². The van der Waals surface area contributed by atoms with Crippen LogP contribution in [0, 0.1) is 19.8 Å². The summed E-state index contributed by atoms with van der Waals surface area (Å²) in [5.74, 6) is -0.324. The third-order valence-corrected chi connectivity index (χ3v) is 2.18. The van der Waals surface area contributed by atoms with Crippen molar-refractivity contribution in [2.75, 3.05) is 0 Å². The highest BCUT2D eigenvalue weighted by Gasteiger charge is 2.11. The molecule has 0 N–H and O–H groups in total. The summed E-state index contributed by atoms with van der Waals surface area (Å²) in [6.07, 6.45) is 3.22. The molecule has 0 atom stereocenters. The van der Waals surface area contributed by atoms with E-state index >= 15 is 0 Å². The van der Waals surface area contributed by atoms with Gasteiger partial charge in [0.05, 0.1) is 17.6 Å². The van der Waals surface area contributed by atoms with E-state index in [1.165, 1.54) is 4.68 Å². The molecule has 0 aromatic carbocycles. The molecule has 0 bridgehead atoms. The lowest BCUT2D eigenvalue weighted by Crippen LogP contribution is -2.00. The van der Waals surface area contributed by atoms with Crippen molar-refractivity contribution in [3.8, 4) is 5.69 Å². The molecule has 0 fully saturated rings. The van der Waals surface area contributed by atoms with E-state index in [0.717, 1.165) is 0 Å². The summed E-state index contributed by atoms with van der Waals surface area (Å²) >= 11 is 0. The summed E-state index contributed by atoms with van der Waals surface area (Å²) in [4.78, 5) is 3.91. The van der Waals surface area contributed by atoms with Gasteiger partial charge in [0, 0.05) is 11.8 Å². The lowest BCUT2D eigenvalue weighted by Gasteiger charge is -1.99. The van der Waals surface area contributed by atoms with E-state index in [9.17, 15) is 4.39 Å². The number of aromatic nitrogens is 3. The Morgan fingerprint density at radius 3 is 2.11 bits per heavy atom. The molecule has 0 saturated carbocycles. The van der Waals surface area contributed by atoms with Gasteiger partial charge in [-0.3, -0.25) is 4.98 Å². The van der Waals surface area contributed by atoms with Gasteiger partial charge in [0.25, 0.3) is 0 Å². The average molecular weight is 251 g/mol. The first-order valence-corrected chi connectivity index (χ1v) is 6.32. The van der Waals surface area contributed by atoms with Crippen LogP contribution in [0.1, 0.15) is 39.0 Å². The van der Waals surface area contributed by atoms with E-state index in [0.29, 0.717) is 16.9 Å². The van der Waals surface area contributed by atoms with Crippen LogP contribution in [-0.2, 0) is 0 Å². The molecular weight excluding hydrogens is 229 g/mol. The van der Waals surface area contributed by atoms with Crippen molar-refractivity contribution in [1.29, 1.82) is 0 Å². The summed E-state index contributed by atoms with van der Waals surface area (Å²) in [6.45, 7) is 11.5. The first-order valence-electron chi connectivity index (χ1n) is 6.32. The molecular formula is C14H22FN3. The molecule has 0 aliphatic carbocycles. The van der Waals surface area contributed by atoms with Crippen LogP contribution < -0.4 is 0 Å². The Morgan fingerprint density at radius 2 is 1.72 bits per heavy atom. The number of pyridine rings is 1. The average Bonchev–Trinajstić information content (AvgIpc) is 2.72. The minimum Gasteiger partial charge on any atom is -0.262 e. The van der Waals surface area contributed by atoms with E-state index in [1.807, 2.05) is 27.7 Å². The summed E-state index contributed by atoms with van der Waals surface area (Å²) in [5.41, 5.74) is 1.92. The minimum absolute atomic E-state index is 0.324. The monoisotopic (exact) mass is 251 g/mol. The number of halogens is 1. The van der Waals surface area contributed by atoms with Crippen LogP contribution in [0.3, 0.4) is 0 Å². The van der Waals surface area contributed by atoms with Crippen molar-refractivity contribution in [2.45, 2.75) is 41.5 Å². The Kier molecular flexibility index (Phi) is 7.59. The molecule has 0 radical (unpaired) electrons. The summed E-state index contributed by atoms with van der Waals surface area (Å²) in [5, 5.41) is 4.08. The normalized spacial score (nSPS) is 8.83. The predicted molar refractivity (Wildman–Crippen MR) is 73.5 cm³/mol. The van der Waals surface area contributed by atoms with Gasteiger partial charge in [-0.05, 0) is 26.0 Å². The molecule has 2 aromatic heterocycles. The molecule has 3 nitrogen and oxygen atoms in total. The standard InChI is InChI=1S/C10H10FN3.2C2H6/c1-7-8(2)13-14(10(7)11)9-4-3-5-12-6-9;2*1-2/h3-6H,1-2H3;2*1-2H3. The van der Waals surface area contributed by atoms with Crippen LogP contribution in [-0.4, -0.2) is 14.8 Å². The first kappa shape index (κ1) is 16.3. The van der Waals surface area contributed by atoms with Gasteiger partial charge in [-0.25, -0.2) is 4.68 Å². The summed E-state index contributed by atoms with van der Waals surface area (Å²) in [6, 6.07) is 3.52. The molecule has 2 heterocycles. The van der Waals surface area contributed by atoms with Crippen LogP contribution in [0.2, 0.25) is 0 Å². The molecule has 2 rings (SSSR count). The third kappa shape index (κ3) is 3.65. The quantitative estimate of drug-likeness (QED) is 0.764. The molecule has 0 aliphatic rings. The predicted octanol–water partition coefficient (Wildman–Crippen LogP) is 4.08. The Balaban J connectivity index is 0.000000659. The molecule has 0 amide bonds. The topological polar surface area (TPSA) is 30.7 Å². The van der Waals surface area contributed by atoms with Crippen LogP contribution in [0.5, 0.6) is 0 Å². The van der Waals surface area contributed by atoms with Gasteiger partial charge in [-0.1, -0.05) is 27.7 Å². The SMILES string of the molecule is CC.CC.Cc1nn(-c2cccnc2)c(F)c1C. The molecule has 0 aliphatic heterocycles. The van der Waals surface area contributed by atoms with Crippen molar-refractivity contribution in [3.05, 3.63) is 41.7 Å². The van der Waals surface area contributed by atoms with Crippen molar-refractivity contribution < 1.29 is 4.39 Å². The minimum atomic E-state index is -0.324. The van der Waals surface area contributed by atoms with Crippen molar-refractivity contribution in [2.24, 2.45) is 0 Å². The lowest BCUT2D eigenvalue weighted by atomic mass is 10.3. The second-order valence-electron chi connectivity index (χ2n) is 3.12. The van der Waals surface area contributed by atoms with Gasteiger partial charge in [0.1, 0.15) is 0 Å². The lowest BCUT2D eigenvalue weighted by molar-refractivity contribution is 0.530. The molecule has 0 spiro atoms. The van der Waals surface area contributed by atoms with E-state index < -0.39 is 0 Å². The fourth-order valence-electron chi connectivity index (χ4n) is 1.23. The molecule has 0 unspecified atom stereocenters. The maximum Gasteiger partial charge on any atom is 0.219 e. The van der Waals surface area contributed by atoms with E-state index in [-0.39, 0.29) is 5.95 Å². The van der Waals surface area contributed by atoms with Gasteiger partial charge in [0.15, 0.2) is 0 Å². The zero-order valence-electron chi connectivity index (χ0n) is 12.0. The van der Waals surface area contributed by atoms with Gasteiger partial charge >= 0.3 is 0 Å². The van der Waals surface area contributed by atoms with E-state index in [2.05, 4.69) is 10.1 Å². The molecule has 2 aromatic rings. The highest BCUT2D eigenvalue weighted by atomic mass is 19.1. The van der Waals surface area contributed by atoms with Crippen molar-refractivity contribution >= 4 is 0 Å². The van der Waals surface area contributed by atoms with Gasteiger partial charge < -0.3 is 0 Å². The Labute approximate surface area is 109 Å². The second-order valence-corrected chi connectivity index (χ2v) is 3.12. The molecule has 18 heavy (non-hydrogen) atoms. The second kappa shape index (κ2) is 8.39. The van der Waals surface area contributed by atoms with Gasteiger partial charge in [-0.2, -0.15) is 9.49 Å². The maximum atomic E-state index is 13.6. The summed E-state index contributed by atoms with van der Waals surface area (Å²) in [7, 11) is 0. The fraction of sp³-hybridized carbons (Fsp3) is 0.429. The summed E-state index contributed by atoms with van der Waals surface area (Å²) < 4.78 is 14.8. The smallest absolute Gasteiger partial charge is 0.219 e. The number of hydrogen-bond donors (Lipinski definition) is 0. The largest absolute Gasteiger partial charge is 0.262 e. The number of aryl methyl sites for hydroxylation is 1. The molecule has 4 heteroatoms. The van der Waals surface area contributed by atoms with Gasteiger partial charge in [0.2, 0.25) is 5.95 Å². The zero-order valence-corrected chi connectivity index (χ0v) is 12.0. The number of hydrogen-bond acceptors (Lipinski definition) is 2. The third-order valence-electron chi connectivity index (χ3n) is 2.18. The number of nitrogens with zero attached hydrogens (tertiary/aromatic N) is 3. The van der Waals surface area contributed by atoms with Crippen molar-refractivity contribution in [1.82, 2.24) is 14.8 Å². The van der Waals surface area contributed by atoms with E-state index in [1.54, 1.807) is 38.4 Å². The Morgan fingerprint density at radius 1 is 1.11 bits per heavy atom. The zero-order chi connectivity index (χ0) is 14.1. The highest BCUT2D eigenvalue weighted by molar-refractivity contribution is 5.30. The Hall–Kier alpha value is -1.71. The first-order chi connectivity index (χ1) is 8.70. The molecule has 0 saturated heterocycles. The fourth-order valence-corrected chi connectivity index (χ4v) is 1.23. The van der Waals surface area contributed by atoms with Crippen LogP contribution in [0.25, 0.3) is 5.69 Å². The van der Waals surface area contributed by atoms with Crippen LogP contribution in [0.15, 0.2) is 24.5 Å². The molecule has 100 valence electrons.